The summed E-state index contributed by atoms with van der Waals surface area (Å²) in [6.45, 7) is 4.19. The zero-order valence-electron chi connectivity index (χ0n) is 14.3. The standard InChI is InChI=1S/C17H25N5O3/c18-15(23)14-4-2-6-22(12-14)16-13(3-1-5-19-16)11-20-17(24)21-7-9-25-10-8-21/h1,3,5,14H,2,4,6-12H2,(H2,18,23)(H,20,24)/t14-/m1/s1. The molecule has 8 heteroatoms. The van der Waals surface area contributed by atoms with Crippen molar-refractivity contribution in [2.75, 3.05) is 44.3 Å². The van der Waals surface area contributed by atoms with E-state index in [9.17, 15) is 9.59 Å². The van der Waals surface area contributed by atoms with Gasteiger partial charge in [-0.15, -0.1) is 0 Å². The van der Waals surface area contributed by atoms with E-state index in [4.69, 9.17) is 10.5 Å². The van der Waals surface area contributed by atoms with Crippen LogP contribution in [0.5, 0.6) is 0 Å². The van der Waals surface area contributed by atoms with Gasteiger partial charge in [-0.25, -0.2) is 9.78 Å². The van der Waals surface area contributed by atoms with E-state index in [2.05, 4.69) is 15.2 Å². The van der Waals surface area contributed by atoms with Crippen molar-refractivity contribution in [3.05, 3.63) is 23.9 Å². The molecule has 0 saturated carbocycles. The first-order valence-corrected chi connectivity index (χ1v) is 8.74. The van der Waals surface area contributed by atoms with E-state index in [0.29, 0.717) is 39.4 Å². The predicted molar refractivity (Wildman–Crippen MR) is 93.0 cm³/mol. The van der Waals surface area contributed by atoms with Crippen LogP contribution in [-0.2, 0) is 16.1 Å². The molecule has 2 saturated heterocycles. The van der Waals surface area contributed by atoms with E-state index in [-0.39, 0.29) is 17.9 Å². The number of morpholine rings is 1. The number of anilines is 1. The highest BCUT2D eigenvalue weighted by Gasteiger charge is 2.26. The summed E-state index contributed by atoms with van der Waals surface area (Å²) in [4.78, 5) is 32.1. The van der Waals surface area contributed by atoms with Crippen LogP contribution in [0.1, 0.15) is 18.4 Å². The molecule has 3 heterocycles. The number of hydrogen-bond donors (Lipinski definition) is 2. The molecule has 2 aliphatic heterocycles. The largest absolute Gasteiger partial charge is 0.378 e. The Balaban J connectivity index is 1.64. The lowest BCUT2D eigenvalue weighted by Gasteiger charge is -2.33. The molecular weight excluding hydrogens is 322 g/mol. The van der Waals surface area contributed by atoms with E-state index in [1.807, 2.05) is 12.1 Å². The van der Waals surface area contributed by atoms with E-state index >= 15 is 0 Å². The smallest absolute Gasteiger partial charge is 0.317 e. The minimum absolute atomic E-state index is 0.0910. The monoisotopic (exact) mass is 347 g/mol. The number of amides is 3. The molecule has 1 aromatic rings. The van der Waals surface area contributed by atoms with Gasteiger partial charge in [0.2, 0.25) is 5.91 Å². The summed E-state index contributed by atoms with van der Waals surface area (Å²) in [6, 6.07) is 3.72. The zero-order chi connectivity index (χ0) is 17.6. The molecule has 8 nitrogen and oxygen atoms in total. The number of aromatic nitrogens is 1. The molecule has 2 fully saturated rings. The molecule has 0 aromatic carbocycles. The molecular formula is C17H25N5O3. The third-order valence-electron chi connectivity index (χ3n) is 4.72. The number of carbonyl (C=O) groups excluding carboxylic acids is 2. The number of nitrogens with two attached hydrogens (primary N) is 1. The predicted octanol–water partition coefficient (Wildman–Crippen LogP) is 0.325. The lowest BCUT2D eigenvalue weighted by atomic mass is 9.97. The molecule has 0 radical (unpaired) electrons. The Morgan fingerprint density at radius 2 is 2.12 bits per heavy atom. The van der Waals surface area contributed by atoms with Gasteiger partial charge in [0, 0.05) is 44.5 Å². The number of hydrogen-bond acceptors (Lipinski definition) is 5. The van der Waals surface area contributed by atoms with Crippen LogP contribution < -0.4 is 16.0 Å². The number of nitrogens with one attached hydrogen (secondary N) is 1. The van der Waals surface area contributed by atoms with Gasteiger partial charge < -0.3 is 25.6 Å². The molecule has 3 amide bonds. The van der Waals surface area contributed by atoms with Gasteiger partial charge in [-0.1, -0.05) is 6.07 Å². The number of pyridine rings is 1. The maximum atomic E-state index is 12.3. The highest BCUT2D eigenvalue weighted by atomic mass is 16.5. The minimum atomic E-state index is -0.261. The van der Waals surface area contributed by atoms with Crippen molar-refractivity contribution < 1.29 is 14.3 Å². The fourth-order valence-electron chi connectivity index (χ4n) is 3.30. The van der Waals surface area contributed by atoms with E-state index in [0.717, 1.165) is 30.8 Å². The quantitative estimate of drug-likeness (QED) is 0.817. The number of rotatable bonds is 4. The van der Waals surface area contributed by atoms with Crippen LogP contribution in [0.3, 0.4) is 0 Å². The Labute approximate surface area is 147 Å². The lowest BCUT2D eigenvalue weighted by molar-refractivity contribution is -0.122. The van der Waals surface area contributed by atoms with Gasteiger partial charge >= 0.3 is 6.03 Å². The average Bonchev–Trinajstić information content (AvgIpc) is 2.67. The Morgan fingerprint density at radius 3 is 2.88 bits per heavy atom. The summed E-state index contributed by atoms with van der Waals surface area (Å²) < 4.78 is 5.26. The van der Waals surface area contributed by atoms with Gasteiger partial charge in [0.1, 0.15) is 5.82 Å². The Kier molecular flexibility index (Phi) is 5.70. The second kappa shape index (κ2) is 8.15. The maximum absolute atomic E-state index is 12.3. The molecule has 136 valence electrons. The first-order valence-electron chi connectivity index (χ1n) is 8.74. The highest BCUT2D eigenvalue weighted by Crippen LogP contribution is 2.24. The first-order chi connectivity index (χ1) is 12.1. The third kappa shape index (κ3) is 4.39. The highest BCUT2D eigenvalue weighted by molar-refractivity contribution is 5.77. The second-order valence-electron chi connectivity index (χ2n) is 6.43. The van der Waals surface area contributed by atoms with Crippen LogP contribution in [0.4, 0.5) is 10.6 Å². The van der Waals surface area contributed by atoms with E-state index in [1.165, 1.54) is 0 Å². The number of primary amides is 1. The Morgan fingerprint density at radius 1 is 1.32 bits per heavy atom. The van der Waals surface area contributed by atoms with Crippen molar-refractivity contribution in [1.82, 2.24) is 15.2 Å². The fraction of sp³-hybridized carbons (Fsp3) is 0.588. The van der Waals surface area contributed by atoms with Crippen LogP contribution in [0.2, 0.25) is 0 Å². The number of nitrogens with zero attached hydrogens (tertiary/aromatic N) is 3. The van der Waals surface area contributed by atoms with Crippen LogP contribution in [0, 0.1) is 5.92 Å². The number of piperidine rings is 1. The van der Waals surface area contributed by atoms with Crippen molar-refractivity contribution in [2.45, 2.75) is 19.4 Å². The van der Waals surface area contributed by atoms with Crippen molar-refractivity contribution in [3.63, 3.8) is 0 Å². The van der Waals surface area contributed by atoms with Gasteiger partial charge in [-0.2, -0.15) is 0 Å². The topological polar surface area (TPSA) is 101 Å². The van der Waals surface area contributed by atoms with Gasteiger partial charge in [-0.05, 0) is 18.9 Å². The molecule has 25 heavy (non-hydrogen) atoms. The number of carbonyl (C=O) groups is 2. The van der Waals surface area contributed by atoms with Crippen LogP contribution >= 0.6 is 0 Å². The van der Waals surface area contributed by atoms with Crippen molar-refractivity contribution in [2.24, 2.45) is 11.7 Å². The van der Waals surface area contributed by atoms with E-state index in [1.54, 1.807) is 11.1 Å². The van der Waals surface area contributed by atoms with Gasteiger partial charge in [0.05, 0.1) is 19.1 Å². The van der Waals surface area contributed by atoms with Gasteiger partial charge in [0.25, 0.3) is 0 Å². The van der Waals surface area contributed by atoms with Gasteiger partial charge in [0.15, 0.2) is 0 Å². The van der Waals surface area contributed by atoms with Crippen molar-refractivity contribution >= 4 is 17.8 Å². The number of ether oxygens (including phenoxy) is 1. The van der Waals surface area contributed by atoms with Gasteiger partial charge in [-0.3, -0.25) is 4.79 Å². The summed E-state index contributed by atoms with van der Waals surface area (Å²) in [6.07, 6.45) is 3.46. The van der Waals surface area contributed by atoms with Crippen molar-refractivity contribution in [1.29, 1.82) is 0 Å². The summed E-state index contributed by atoms with van der Waals surface area (Å²) in [5.41, 5.74) is 6.41. The molecule has 1 aromatic heterocycles. The summed E-state index contributed by atoms with van der Waals surface area (Å²) in [7, 11) is 0. The molecule has 0 unspecified atom stereocenters. The first kappa shape index (κ1) is 17.5. The fourth-order valence-corrected chi connectivity index (χ4v) is 3.30. The summed E-state index contributed by atoms with van der Waals surface area (Å²) in [5, 5.41) is 2.96. The summed E-state index contributed by atoms with van der Waals surface area (Å²) >= 11 is 0. The Hall–Kier alpha value is -2.35. The van der Waals surface area contributed by atoms with Crippen LogP contribution in [-0.4, -0.2) is 61.2 Å². The minimum Gasteiger partial charge on any atom is -0.378 e. The third-order valence-corrected chi connectivity index (χ3v) is 4.72. The molecule has 3 rings (SSSR count). The van der Waals surface area contributed by atoms with Crippen LogP contribution in [0.15, 0.2) is 18.3 Å². The van der Waals surface area contributed by atoms with E-state index < -0.39 is 0 Å². The SMILES string of the molecule is NC(=O)[C@@H]1CCCN(c2ncccc2CNC(=O)N2CCOCC2)C1. The van der Waals surface area contributed by atoms with Crippen molar-refractivity contribution in [3.8, 4) is 0 Å². The molecule has 0 aliphatic carbocycles. The molecule has 0 spiro atoms. The lowest BCUT2D eigenvalue weighted by Crippen LogP contribution is -2.46. The molecule has 0 bridgehead atoms. The second-order valence-corrected chi connectivity index (χ2v) is 6.43. The molecule has 3 N–H and O–H groups in total. The molecule has 2 aliphatic rings. The maximum Gasteiger partial charge on any atom is 0.317 e. The average molecular weight is 347 g/mol. The number of urea groups is 1. The Bertz CT molecular complexity index is 618. The summed E-state index contributed by atoms with van der Waals surface area (Å²) in [5.74, 6) is 0.407. The molecule has 1 atom stereocenters. The van der Waals surface area contributed by atoms with Crippen LogP contribution in [0.25, 0.3) is 0 Å². The zero-order valence-corrected chi connectivity index (χ0v) is 14.3. The normalized spacial score (nSPS) is 21.0.